The Kier molecular flexibility index (Phi) is 4.40. The van der Waals surface area contributed by atoms with Gasteiger partial charge in [-0.2, -0.15) is 0 Å². The van der Waals surface area contributed by atoms with Gasteiger partial charge in [-0.1, -0.05) is 17.7 Å². The van der Waals surface area contributed by atoms with Crippen molar-refractivity contribution in [3.63, 3.8) is 0 Å². The number of anilines is 1. The van der Waals surface area contributed by atoms with Crippen molar-refractivity contribution in [3.05, 3.63) is 58.9 Å². The minimum absolute atomic E-state index is 0.0260. The molecule has 21 heavy (non-hydrogen) atoms. The number of carbonyl (C=O) groups is 1. The van der Waals surface area contributed by atoms with Crippen LogP contribution in [-0.4, -0.2) is 23.1 Å². The molecule has 0 heterocycles. The first kappa shape index (κ1) is 15.2. The molecule has 2 aromatic carbocycles. The van der Waals surface area contributed by atoms with E-state index in [1.807, 2.05) is 26.0 Å². The van der Waals surface area contributed by atoms with E-state index in [0.29, 0.717) is 5.69 Å². The highest BCUT2D eigenvalue weighted by molar-refractivity contribution is 6.58. The molecule has 0 fully saturated rings. The summed E-state index contributed by atoms with van der Waals surface area (Å²) in [4.78, 5) is 12.1. The van der Waals surface area contributed by atoms with E-state index < -0.39 is 18.8 Å². The number of rotatable bonds is 3. The Morgan fingerprint density at radius 3 is 2.48 bits per heavy atom. The van der Waals surface area contributed by atoms with Crippen LogP contribution in [0.15, 0.2) is 36.4 Å². The van der Waals surface area contributed by atoms with Gasteiger partial charge in [0, 0.05) is 11.3 Å². The van der Waals surface area contributed by atoms with Gasteiger partial charge in [0.25, 0.3) is 5.91 Å². The normalized spacial score (nSPS) is 10.3. The second-order valence-corrected chi connectivity index (χ2v) is 4.92. The Bertz CT molecular complexity index is 689. The van der Waals surface area contributed by atoms with E-state index in [1.165, 1.54) is 6.07 Å². The van der Waals surface area contributed by atoms with Crippen molar-refractivity contribution in [1.82, 2.24) is 0 Å². The molecule has 4 nitrogen and oxygen atoms in total. The van der Waals surface area contributed by atoms with E-state index in [1.54, 1.807) is 6.07 Å². The lowest BCUT2D eigenvalue weighted by atomic mass is 9.79. The maximum atomic E-state index is 13.4. The molecule has 0 aliphatic rings. The first-order valence-corrected chi connectivity index (χ1v) is 6.42. The highest BCUT2D eigenvalue weighted by Crippen LogP contribution is 2.17. The molecule has 3 N–H and O–H groups in total. The summed E-state index contributed by atoms with van der Waals surface area (Å²) in [6.07, 6.45) is 0. The fourth-order valence-corrected chi connectivity index (χ4v) is 2.04. The Hall–Kier alpha value is -2.18. The summed E-state index contributed by atoms with van der Waals surface area (Å²) in [6, 6.07) is 8.81. The Balaban J connectivity index is 2.28. The molecule has 0 aliphatic carbocycles. The van der Waals surface area contributed by atoms with Crippen LogP contribution in [0.2, 0.25) is 0 Å². The van der Waals surface area contributed by atoms with E-state index in [0.717, 1.165) is 23.3 Å². The monoisotopic (exact) mass is 287 g/mol. The number of nitrogens with one attached hydrogen (secondary N) is 1. The molecule has 0 aliphatic heterocycles. The zero-order chi connectivity index (χ0) is 15.6. The average Bonchev–Trinajstić information content (AvgIpc) is 2.41. The quantitative estimate of drug-likeness (QED) is 0.747. The molecule has 0 spiro atoms. The lowest BCUT2D eigenvalue weighted by Gasteiger charge is -2.10. The van der Waals surface area contributed by atoms with Crippen LogP contribution in [0.5, 0.6) is 0 Å². The fourth-order valence-electron chi connectivity index (χ4n) is 2.04. The number of benzene rings is 2. The van der Waals surface area contributed by atoms with Gasteiger partial charge in [0.15, 0.2) is 0 Å². The molecule has 0 saturated heterocycles. The van der Waals surface area contributed by atoms with Crippen LogP contribution < -0.4 is 10.8 Å². The number of halogens is 1. The smallest absolute Gasteiger partial charge is 0.423 e. The Morgan fingerprint density at radius 1 is 1.14 bits per heavy atom. The van der Waals surface area contributed by atoms with Crippen molar-refractivity contribution in [2.45, 2.75) is 13.8 Å². The summed E-state index contributed by atoms with van der Waals surface area (Å²) in [5, 5.41) is 20.8. The molecule has 2 aromatic rings. The second-order valence-electron chi connectivity index (χ2n) is 4.92. The van der Waals surface area contributed by atoms with Gasteiger partial charge in [-0.05, 0) is 49.1 Å². The van der Waals surface area contributed by atoms with Crippen LogP contribution in [-0.2, 0) is 0 Å². The maximum Gasteiger partial charge on any atom is 0.488 e. The molecular formula is C15H15BFNO3. The molecule has 0 atom stereocenters. The Morgan fingerprint density at radius 2 is 1.86 bits per heavy atom. The van der Waals surface area contributed by atoms with Crippen molar-refractivity contribution in [3.8, 4) is 0 Å². The Labute approximate surface area is 122 Å². The minimum atomic E-state index is -1.83. The zero-order valence-corrected chi connectivity index (χ0v) is 11.7. The molecule has 0 unspecified atom stereocenters. The topological polar surface area (TPSA) is 69.6 Å². The van der Waals surface area contributed by atoms with E-state index in [9.17, 15) is 9.18 Å². The van der Waals surface area contributed by atoms with Crippen LogP contribution in [0.4, 0.5) is 10.1 Å². The lowest BCUT2D eigenvalue weighted by molar-refractivity contribution is 0.102. The molecule has 6 heteroatoms. The van der Waals surface area contributed by atoms with Crippen LogP contribution in [0.3, 0.4) is 0 Å². The van der Waals surface area contributed by atoms with E-state index in [2.05, 4.69) is 5.32 Å². The van der Waals surface area contributed by atoms with Gasteiger partial charge in [0.2, 0.25) is 0 Å². The summed E-state index contributed by atoms with van der Waals surface area (Å²) in [6.45, 7) is 3.80. The SMILES string of the molecule is Cc1ccc(NC(=O)c2cc(F)cc(B(O)O)c2)c(C)c1. The highest BCUT2D eigenvalue weighted by Gasteiger charge is 2.16. The van der Waals surface area contributed by atoms with Gasteiger partial charge < -0.3 is 15.4 Å². The predicted molar refractivity (Wildman–Crippen MR) is 80.1 cm³/mol. The third-order valence-electron chi connectivity index (χ3n) is 3.11. The zero-order valence-electron chi connectivity index (χ0n) is 11.7. The average molecular weight is 287 g/mol. The summed E-state index contributed by atoms with van der Waals surface area (Å²) in [5.74, 6) is -1.21. The van der Waals surface area contributed by atoms with Gasteiger partial charge in [-0.25, -0.2) is 4.39 Å². The van der Waals surface area contributed by atoms with Crippen molar-refractivity contribution in [2.24, 2.45) is 0 Å². The molecule has 2 rings (SSSR count). The lowest BCUT2D eigenvalue weighted by Crippen LogP contribution is -2.31. The van der Waals surface area contributed by atoms with Crippen molar-refractivity contribution in [1.29, 1.82) is 0 Å². The minimum Gasteiger partial charge on any atom is -0.423 e. The van der Waals surface area contributed by atoms with E-state index in [-0.39, 0.29) is 11.0 Å². The van der Waals surface area contributed by atoms with Gasteiger partial charge in [0.1, 0.15) is 5.82 Å². The van der Waals surface area contributed by atoms with Crippen LogP contribution in [0.1, 0.15) is 21.5 Å². The van der Waals surface area contributed by atoms with Gasteiger partial charge in [0.05, 0.1) is 0 Å². The number of aryl methyl sites for hydroxylation is 2. The van der Waals surface area contributed by atoms with Crippen molar-refractivity contribution < 1.29 is 19.2 Å². The molecule has 0 saturated carbocycles. The fraction of sp³-hybridized carbons (Fsp3) is 0.133. The van der Waals surface area contributed by atoms with Crippen molar-refractivity contribution >= 4 is 24.2 Å². The highest BCUT2D eigenvalue weighted by atomic mass is 19.1. The standard InChI is InChI=1S/C15H15BFNO3/c1-9-3-4-14(10(2)5-9)18-15(19)11-6-12(16(20)21)8-13(17)7-11/h3-8,20-21H,1-2H3,(H,18,19). The summed E-state index contributed by atoms with van der Waals surface area (Å²) in [7, 11) is -1.83. The van der Waals surface area contributed by atoms with Crippen LogP contribution in [0, 0.1) is 19.7 Å². The first-order valence-electron chi connectivity index (χ1n) is 6.42. The van der Waals surface area contributed by atoms with E-state index >= 15 is 0 Å². The maximum absolute atomic E-state index is 13.4. The summed E-state index contributed by atoms with van der Waals surface area (Å²) >= 11 is 0. The van der Waals surface area contributed by atoms with Crippen LogP contribution in [0.25, 0.3) is 0 Å². The second kappa shape index (κ2) is 6.07. The largest absolute Gasteiger partial charge is 0.488 e. The number of amides is 1. The molecule has 0 bridgehead atoms. The summed E-state index contributed by atoms with van der Waals surface area (Å²) in [5.41, 5.74) is 2.55. The summed E-state index contributed by atoms with van der Waals surface area (Å²) < 4.78 is 13.4. The van der Waals surface area contributed by atoms with Gasteiger partial charge in [-0.3, -0.25) is 4.79 Å². The molecule has 0 radical (unpaired) electrons. The van der Waals surface area contributed by atoms with Gasteiger partial charge >= 0.3 is 7.12 Å². The predicted octanol–water partition coefficient (Wildman–Crippen LogP) is 1.37. The van der Waals surface area contributed by atoms with Gasteiger partial charge in [-0.15, -0.1) is 0 Å². The molecule has 0 aromatic heterocycles. The number of carbonyl (C=O) groups excluding carboxylic acids is 1. The molecule has 108 valence electrons. The number of hydrogen-bond donors (Lipinski definition) is 3. The third kappa shape index (κ3) is 3.68. The third-order valence-corrected chi connectivity index (χ3v) is 3.11. The molecular weight excluding hydrogens is 272 g/mol. The molecule has 1 amide bonds. The van der Waals surface area contributed by atoms with E-state index in [4.69, 9.17) is 10.0 Å². The number of hydrogen-bond acceptors (Lipinski definition) is 3. The van der Waals surface area contributed by atoms with Crippen molar-refractivity contribution in [2.75, 3.05) is 5.32 Å². The van der Waals surface area contributed by atoms with Crippen LogP contribution >= 0.6 is 0 Å². The first-order chi connectivity index (χ1) is 9.86.